The van der Waals surface area contributed by atoms with Crippen LogP contribution < -0.4 is 21.4 Å². The molecule has 5 unspecified atom stereocenters. The van der Waals surface area contributed by atoms with Gasteiger partial charge >= 0.3 is 0 Å². The van der Waals surface area contributed by atoms with Crippen molar-refractivity contribution in [2.24, 2.45) is 21.4 Å². The summed E-state index contributed by atoms with van der Waals surface area (Å²) < 4.78 is 8.34. The standard InChI is InChI=1S/C29H32Cl3N5O2.C12H16N4O2.C8H8.C6H4Cl3N.C2H4.5CH4.H2S.Y/c1-5-29(4,17-18(2)14-19(3)20-10-7-6-8-11-20)28(39)34-26-25(36-13-9-12-33-36)27(38)37(35-26)24-22(31)15-21(30)16-23(24)32;1-8(2)12(18)15-11(13-4)10(9(3)17)16-7-5-6-14-16;1-2-8-6-4-3-5-7-8;7-3-1-4(8)6(10)5(9)2-3;1-2;;;;;;;/h6-13,15-16,18-19,25H,5,14,17H2,1-4H3,(H,34,35,39);5-7,10H,1H2,2-4H3,(H,13,15,18);2-7H,1H2;1-2H,10H2;1-2H2;5*1H4;1H2;/i/hT. The molecule has 0 spiro atoms. The van der Waals surface area contributed by atoms with Gasteiger partial charge in [0.1, 0.15) is 11.5 Å². The third-order valence-electron chi connectivity index (χ3n) is 11.8. The number of aromatic nitrogens is 4. The molecule has 0 aliphatic carbocycles. The third kappa shape index (κ3) is 25.9. The number of hydrogen-bond acceptors (Lipinski definition) is 9. The van der Waals surface area contributed by atoms with Crippen molar-refractivity contribution in [3.8, 4) is 0 Å². The van der Waals surface area contributed by atoms with Gasteiger partial charge in [0.2, 0.25) is 5.91 Å². The number of anilines is 2. The Balaban J connectivity index is -0.000000385. The second kappa shape index (κ2) is 43.5. The fourth-order valence-electron chi connectivity index (χ4n) is 7.69. The van der Waals surface area contributed by atoms with Gasteiger partial charge < -0.3 is 16.4 Å². The maximum atomic E-state index is 13.8. The number of rotatable bonds is 14. The van der Waals surface area contributed by atoms with E-state index in [1.54, 1.807) is 56.0 Å². The van der Waals surface area contributed by atoms with Gasteiger partial charge in [-0.15, -0.1) is 18.3 Å². The maximum absolute atomic E-state index is 13.8. The van der Waals surface area contributed by atoms with Gasteiger partial charge in [-0.05, 0) is 92.5 Å². The Morgan fingerprint density at radius 2 is 1.31 bits per heavy atom. The molecule has 4 N–H and O–H groups in total. The number of amidine groups is 2. The van der Waals surface area contributed by atoms with Gasteiger partial charge in [0.05, 0.1) is 26.9 Å². The quantitative estimate of drug-likeness (QED) is 0.0319. The molecule has 1 radical (unpaired) electrons. The van der Waals surface area contributed by atoms with Crippen LogP contribution in [-0.2, 0) is 51.9 Å². The summed E-state index contributed by atoms with van der Waals surface area (Å²) in [5, 5.41) is 21.3. The molecule has 5 atom stereocenters. The molecular formula is C62H86Cl6N10O4SY. The van der Waals surface area contributed by atoms with Gasteiger partial charge in [-0.25, -0.2) is 0 Å². The maximum Gasteiger partial charge on any atom is 0.280 e. The van der Waals surface area contributed by atoms with E-state index in [1.807, 2.05) is 68.5 Å². The fraction of sp³-hybridized carbons (Fsp3) is 0.323. The SMILES string of the molecule is C.C.C.C.C.C=C.C=C(C)C(=O)NC(=NC)C(C(C)=O)n1cccn1.C=Cc1ccccc1.CCC(C)(CC(C)CC(C)c1ccccc1)C(=O)NC1=NN(c2c(Cl)cc(Cl)cc2Cl)C(=O)C1n1cccn1.Nc1c(Cl)cc(Cl)cc1Cl.[3H]S.[Y]. The first-order chi connectivity index (χ1) is 37.5. The summed E-state index contributed by atoms with van der Waals surface area (Å²) in [6.07, 6.45) is 10.5. The summed E-state index contributed by atoms with van der Waals surface area (Å²) in [7, 11) is 1.51. The van der Waals surface area contributed by atoms with Gasteiger partial charge in [-0.1, -0.05) is 214 Å². The molecule has 2 aromatic heterocycles. The molecule has 22 heteroatoms. The second-order valence-electron chi connectivity index (χ2n) is 17.7. The van der Waals surface area contributed by atoms with Gasteiger partial charge in [-0.3, -0.25) is 33.5 Å². The number of halogens is 6. The summed E-state index contributed by atoms with van der Waals surface area (Å²) in [6, 6.07) is 28.2. The molecule has 1 aliphatic heterocycles. The number of nitrogens with one attached hydrogen (secondary N) is 2. The molecule has 6 aromatic rings. The number of carbonyl (C=O) groups is 4. The zero-order valence-corrected chi connectivity index (χ0v) is 53.3. The number of nitrogens with two attached hydrogens (primary N) is 1. The normalized spacial score (nSPS) is 13.5. The number of carbonyl (C=O) groups excluding carboxylic acids is 4. The molecule has 3 heterocycles. The third-order valence-corrected chi connectivity index (χ3v) is 13.4. The monoisotopic (exact) mass is 1370 g/mol. The number of benzene rings is 4. The van der Waals surface area contributed by atoms with E-state index in [0.717, 1.165) is 11.4 Å². The van der Waals surface area contributed by atoms with E-state index in [-0.39, 0.29) is 121 Å². The van der Waals surface area contributed by atoms with Gasteiger partial charge in [0, 0.05) is 85.6 Å². The molecule has 459 valence electrons. The minimum absolute atomic E-state index is 0. The predicted molar refractivity (Wildman–Crippen MR) is 363 cm³/mol. The van der Waals surface area contributed by atoms with Crippen molar-refractivity contribution in [2.45, 2.75) is 116 Å². The van der Waals surface area contributed by atoms with E-state index in [0.29, 0.717) is 50.1 Å². The van der Waals surface area contributed by atoms with Crippen molar-refractivity contribution in [2.75, 3.05) is 17.8 Å². The Morgan fingerprint density at radius 3 is 1.73 bits per heavy atom. The first-order valence-electron chi connectivity index (χ1n) is 24.4. The first-order valence-corrected chi connectivity index (χ1v) is 26.2. The van der Waals surface area contributed by atoms with Crippen LogP contribution in [0.15, 0.2) is 164 Å². The summed E-state index contributed by atoms with van der Waals surface area (Å²) in [6.45, 7) is 24.5. The van der Waals surface area contributed by atoms with Crippen molar-refractivity contribution >= 4 is 136 Å². The minimum atomic E-state index is -0.983. The van der Waals surface area contributed by atoms with E-state index in [4.69, 9.17) is 76.5 Å². The van der Waals surface area contributed by atoms with Crippen LogP contribution in [0.3, 0.4) is 0 Å². The van der Waals surface area contributed by atoms with Gasteiger partial charge in [0.25, 0.3) is 11.8 Å². The van der Waals surface area contributed by atoms with Crippen LogP contribution >= 0.6 is 83.0 Å². The fourth-order valence-corrected chi connectivity index (χ4v) is 9.49. The topological polar surface area (TPSA) is 182 Å². The van der Waals surface area contributed by atoms with Crippen molar-refractivity contribution in [3.63, 3.8) is 0 Å². The first kappa shape index (κ1) is 85.4. The second-order valence-corrected chi connectivity index (χ2v) is 20.2. The molecule has 3 amide bonds. The molecule has 0 bridgehead atoms. The Morgan fingerprint density at radius 1 is 0.821 bits per heavy atom. The summed E-state index contributed by atoms with van der Waals surface area (Å²) in [5.74, 6) is -0.135. The van der Waals surface area contributed by atoms with Crippen molar-refractivity contribution in [3.05, 3.63) is 195 Å². The predicted octanol–water partition coefficient (Wildman–Crippen LogP) is 17.9. The Kier molecular flexibility index (Phi) is 44.3. The zero-order chi connectivity index (χ0) is 59.6. The Hall–Kier alpha value is -5.07. The average molecular weight is 1370 g/mol. The summed E-state index contributed by atoms with van der Waals surface area (Å²) >= 11 is 38.5. The van der Waals surface area contributed by atoms with Crippen LogP contribution in [0.4, 0.5) is 11.4 Å². The van der Waals surface area contributed by atoms with Crippen LogP contribution in [0, 0.1) is 11.3 Å². The van der Waals surface area contributed by atoms with Crippen LogP contribution in [0.1, 0.15) is 127 Å². The van der Waals surface area contributed by atoms with Crippen LogP contribution in [-0.4, -0.2) is 62.9 Å². The van der Waals surface area contributed by atoms with E-state index >= 15 is 0 Å². The molecule has 14 nitrogen and oxygen atoms in total. The molecule has 84 heavy (non-hydrogen) atoms. The number of nitrogen functional groups attached to an aromatic ring is 1. The average Bonchev–Trinajstić information content (AvgIpc) is 3.12. The van der Waals surface area contributed by atoms with Crippen molar-refractivity contribution in [1.29, 1.82) is 1.12 Å². The summed E-state index contributed by atoms with van der Waals surface area (Å²) in [5.41, 5.74) is 8.11. The van der Waals surface area contributed by atoms with Crippen molar-refractivity contribution in [1.82, 2.24) is 30.2 Å². The molecular weight excluding hydrogens is 1280 g/mol. The molecule has 7 rings (SSSR count). The van der Waals surface area contributed by atoms with Crippen LogP contribution in [0.5, 0.6) is 0 Å². The number of amides is 3. The largest absolute Gasteiger partial charge is 0.396 e. The Labute approximate surface area is 564 Å². The smallest absolute Gasteiger partial charge is 0.280 e. The van der Waals surface area contributed by atoms with Crippen molar-refractivity contribution < 1.29 is 51.9 Å². The zero-order valence-electron chi connectivity index (χ0n) is 46.0. The van der Waals surface area contributed by atoms with E-state index in [1.165, 1.54) is 46.6 Å². The molecule has 0 saturated carbocycles. The van der Waals surface area contributed by atoms with E-state index in [2.05, 4.69) is 96.6 Å². The molecule has 0 fully saturated rings. The summed E-state index contributed by atoms with van der Waals surface area (Å²) in [4.78, 5) is 54.6. The molecule has 1 aliphatic rings. The number of ketones is 1. The number of hydrogen-bond donors (Lipinski definition) is 3. The minimum Gasteiger partial charge on any atom is -0.396 e. The number of aliphatic imine (C=N–C) groups is 1. The van der Waals surface area contributed by atoms with Gasteiger partial charge in [0.15, 0.2) is 23.7 Å². The number of Topliss-reactive ketones (excluding diaryl/α,β-unsaturated/α-hetero) is 1. The number of nitrogens with zero attached hydrogens (tertiary/aromatic N) is 7. The van der Waals surface area contributed by atoms with Crippen LogP contribution in [0.2, 0.25) is 30.1 Å². The van der Waals surface area contributed by atoms with E-state index in [9.17, 15) is 19.2 Å². The van der Waals surface area contributed by atoms with E-state index < -0.39 is 23.4 Å². The van der Waals surface area contributed by atoms with Crippen LogP contribution in [0.25, 0.3) is 6.08 Å². The van der Waals surface area contributed by atoms with Gasteiger partial charge in [-0.2, -0.15) is 28.6 Å². The Bertz CT molecular complexity index is 2970. The molecule has 0 saturated heterocycles. The molecule has 4 aromatic carbocycles. The number of hydrazone groups is 1.